The molecule has 0 saturated heterocycles. The lowest BCUT2D eigenvalue weighted by Gasteiger charge is -2.20. The third kappa shape index (κ3) is 4.56. The monoisotopic (exact) mass is 535 g/mol. The van der Waals surface area contributed by atoms with E-state index in [-0.39, 0.29) is 21.2 Å². The number of fused-ring (bicyclic) bond motifs is 3. The number of rotatable bonds is 5. The van der Waals surface area contributed by atoms with Gasteiger partial charge in [0.2, 0.25) is 0 Å². The van der Waals surface area contributed by atoms with Crippen LogP contribution in [0.5, 0.6) is 0 Å². The molecule has 1 aliphatic carbocycles. The molecule has 1 aliphatic rings. The zero-order valence-electron chi connectivity index (χ0n) is 19.7. The second-order valence-electron chi connectivity index (χ2n) is 8.78. The van der Waals surface area contributed by atoms with Crippen LogP contribution >= 0.6 is 11.6 Å². The number of hydrogen-bond acceptors (Lipinski definition) is 6. The summed E-state index contributed by atoms with van der Waals surface area (Å²) in [5.74, 6) is -1.06. The Labute approximate surface area is 218 Å². The lowest BCUT2D eigenvalue weighted by molar-refractivity contribution is 0.0992. The second kappa shape index (κ2) is 9.06. The maximum absolute atomic E-state index is 12.9. The topological polar surface area (TPSA) is 150 Å². The molecule has 0 spiro atoms. The number of nitrogens with one attached hydrogen (secondary N) is 1. The number of nitrogen functional groups attached to an aromatic ring is 1. The first kappa shape index (κ1) is 24.5. The van der Waals surface area contributed by atoms with Crippen LogP contribution in [0.2, 0.25) is 5.02 Å². The molecule has 0 aliphatic heterocycles. The first-order valence-corrected chi connectivity index (χ1v) is 13.5. The number of nitrogens with two attached hydrogens (primary N) is 2. The zero-order chi connectivity index (χ0) is 26.5. The number of anilines is 2. The van der Waals surface area contributed by atoms with Gasteiger partial charge < -0.3 is 16.8 Å². The standard InChI is InChI=1S/C26H22ClN5O4S/c1-37(35,36)18-8-6-17(7-9-18)32-24-20(23(31-32)25(29)33)10-3-14-2-5-16(13-21(14)24)30-26(34)19-11-4-15(28)12-22(19)27/h2,4-9,11-13H,3,10,28H2,1H3,(H2,29,33)(H,30,34). The average molecular weight is 536 g/mol. The Morgan fingerprint density at radius 3 is 2.41 bits per heavy atom. The Kier molecular flexibility index (Phi) is 6.01. The number of aryl methyl sites for hydroxylation is 1. The number of primary amides is 1. The van der Waals surface area contributed by atoms with Crippen molar-refractivity contribution >= 4 is 44.6 Å². The molecule has 4 aromatic rings. The Bertz CT molecular complexity index is 1690. The third-order valence-corrected chi connectivity index (χ3v) is 7.67. The van der Waals surface area contributed by atoms with Crippen LogP contribution in [0, 0.1) is 0 Å². The molecule has 1 heterocycles. The van der Waals surface area contributed by atoms with E-state index in [0.717, 1.165) is 17.4 Å². The quantitative estimate of drug-likeness (QED) is 0.332. The summed E-state index contributed by atoms with van der Waals surface area (Å²) in [7, 11) is -3.38. The van der Waals surface area contributed by atoms with Gasteiger partial charge in [-0.1, -0.05) is 17.7 Å². The highest BCUT2D eigenvalue weighted by atomic mass is 35.5. The van der Waals surface area contributed by atoms with Crippen molar-refractivity contribution in [3.63, 3.8) is 0 Å². The van der Waals surface area contributed by atoms with E-state index in [2.05, 4.69) is 10.4 Å². The molecule has 5 N–H and O–H groups in total. The fourth-order valence-electron chi connectivity index (χ4n) is 4.45. The average Bonchev–Trinajstić information content (AvgIpc) is 3.24. The van der Waals surface area contributed by atoms with E-state index in [1.807, 2.05) is 12.1 Å². The molecule has 0 atom stereocenters. The number of amides is 2. The molecule has 0 bridgehead atoms. The Morgan fingerprint density at radius 2 is 1.76 bits per heavy atom. The van der Waals surface area contributed by atoms with Crippen molar-refractivity contribution in [2.24, 2.45) is 5.73 Å². The Morgan fingerprint density at radius 1 is 1.03 bits per heavy atom. The summed E-state index contributed by atoms with van der Waals surface area (Å²) in [5.41, 5.74) is 16.5. The molecule has 0 unspecified atom stereocenters. The van der Waals surface area contributed by atoms with Gasteiger partial charge in [0.15, 0.2) is 15.5 Å². The van der Waals surface area contributed by atoms with Gasteiger partial charge >= 0.3 is 0 Å². The zero-order valence-corrected chi connectivity index (χ0v) is 21.2. The van der Waals surface area contributed by atoms with Gasteiger partial charge in [0.1, 0.15) is 0 Å². The summed E-state index contributed by atoms with van der Waals surface area (Å²) < 4.78 is 25.4. The van der Waals surface area contributed by atoms with E-state index in [1.165, 1.54) is 18.2 Å². The molecule has 188 valence electrons. The predicted octanol–water partition coefficient (Wildman–Crippen LogP) is 3.63. The molecule has 9 nitrogen and oxygen atoms in total. The van der Waals surface area contributed by atoms with E-state index < -0.39 is 21.7 Å². The van der Waals surface area contributed by atoms with Crippen molar-refractivity contribution in [2.75, 3.05) is 17.3 Å². The molecule has 37 heavy (non-hydrogen) atoms. The summed E-state index contributed by atoms with van der Waals surface area (Å²) in [6, 6.07) is 16.4. The first-order chi connectivity index (χ1) is 17.5. The number of carbonyl (C=O) groups excluding carboxylic acids is 2. The summed E-state index contributed by atoms with van der Waals surface area (Å²) in [4.78, 5) is 25.3. The second-order valence-corrected chi connectivity index (χ2v) is 11.2. The molecular formula is C26H22ClN5O4S. The van der Waals surface area contributed by atoms with Gasteiger partial charge in [-0.25, -0.2) is 13.1 Å². The number of aromatic nitrogens is 2. The van der Waals surface area contributed by atoms with Crippen molar-refractivity contribution < 1.29 is 18.0 Å². The largest absolute Gasteiger partial charge is 0.399 e. The lowest BCUT2D eigenvalue weighted by atomic mass is 9.88. The SMILES string of the molecule is CS(=O)(=O)c1ccc(-n2nc(C(N)=O)c3c2-c2cc(NC(=O)c4ccc(N)cc4Cl)ccc2CC3)cc1. The highest BCUT2D eigenvalue weighted by molar-refractivity contribution is 7.90. The number of sulfone groups is 1. The van der Waals surface area contributed by atoms with Crippen molar-refractivity contribution in [1.82, 2.24) is 9.78 Å². The smallest absolute Gasteiger partial charge is 0.269 e. The van der Waals surface area contributed by atoms with Gasteiger partial charge in [0.25, 0.3) is 11.8 Å². The molecule has 5 rings (SSSR count). The van der Waals surface area contributed by atoms with Crippen LogP contribution in [0.25, 0.3) is 16.9 Å². The lowest BCUT2D eigenvalue weighted by Crippen LogP contribution is -2.16. The van der Waals surface area contributed by atoms with Gasteiger partial charge in [0.05, 0.1) is 26.9 Å². The van der Waals surface area contributed by atoms with Gasteiger partial charge in [-0.2, -0.15) is 5.10 Å². The van der Waals surface area contributed by atoms with Crippen molar-refractivity contribution in [2.45, 2.75) is 17.7 Å². The minimum absolute atomic E-state index is 0.149. The van der Waals surface area contributed by atoms with Crippen molar-refractivity contribution in [3.05, 3.63) is 88.1 Å². The molecule has 2 amide bonds. The summed E-state index contributed by atoms with van der Waals surface area (Å²) in [6.07, 6.45) is 2.33. The van der Waals surface area contributed by atoms with Crippen LogP contribution in [-0.2, 0) is 22.7 Å². The number of benzene rings is 3. The summed E-state index contributed by atoms with van der Waals surface area (Å²) in [5, 5.41) is 7.58. The van der Waals surface area contributed by atoms with Gasteiger partial charge in [-0.15, -0.1) is 0 Å². The van der Waals surface area contributed by atoms with E-state index in [4.69, 9.17) is 23.1 Å². The third-order valence-electron chi connectivity index (χ3n) is 6.23. The minimum atomic E-state index is -3.38. The van der Waals surface area contributed by atoms with Crippen LogP contribution in [0.4, 0.5) is 11.4 Å². The highest BCUT2D eigenvalue weighted by Gasteiger charge is 2.28. The van der Waals surface area contributed by atoms with E-state index in [0.29, 0.717) is 41.2 Å². The minimum Gasteiger partial charge on any atom is -0.399 e. The maximum atomic E-state index is 12.9. The fourth-order valence-corrected chi connectivity index (χ4v) is 5.35. The van der Waals surface area contributed by atoms with Gasteiger partial charge in [0, 0.05) is 28.8 Å². The van der Waals surface area contributed by atoms with Crippen molar-refractivity contribution in [3.8, 4) is 16.9 Å². The van der Waals surface area contributed by atoms with Crippen LogP contribution in [0.3, 0.4) is 0 Å². The molecule has 3 aromatic carbocycles. The molecular weight excluding hydrogens is 514 g/mol. The normalized spacial score (nSPS) is 12.5. The number of nitrogens with zero attached hydrogens (tertiary/aromatic N) is 2. The van der Waals surface area contributed by atoms with Gasteiger partial charge in [-0.3, -0.25) is 9.59 Å². The number of halogens is 1. The molecule has 0 fully saturated rings. The Hall–Kier alpha value is -4.15. The van der Waals surface area contributed by atoms with Crippen LogP contribution in [0.1, 0.15) is 32.0 Å². The molecule has 11 heteroatoms. The number of carbonyl (C=O) groups is 2. The van der Waals surface area contributed by atoms with E-state index >= 15 is 0 Å². The maximum Gasteiger partial charge on any atom is 0.269 e. The van der Waals surface area contributed by atoms with E-state index in [9.17, 15) is 18.0 Å². The molecule has 0 radical (unpaired) electrons. The van der Waals surface area contributed by atoms with E-state index in [1.54, 1.807) is 35.0 Å². The summed E-state index contributed by atoms with van der Waals surface area (Å²) >= 11 is 6.20. The van der Waals surface area contributed by atoms with Crippen molar-refractivity contribution in [1.29, 1.82) is 0 Å². The fraction of sp³-hybridized carbons (Fsp3) is 0.115. The van der Waals surface area contributed by atoms with Crippen LogP contribution in [-0.4, -0.2) is 36.3 Å². The van der Waals surface area contributed by atoms with Crippen LogP contribution in [0.15, 0.2) is 65.6 Å². The molecule has 0 saturated carbocycles. The predicted molar refractivity (Wildman–Crippen MR) is 142 cm³/mol. The first-order valence-electron chi connectivity index (χ1n) is 11.2. The highest BCUT2D eigenvalue weighted by Crippen LogP contribution is 2.38. The van der Waals surface area contributed by atoms with Crippen LogP contribution < -0.4 is 16.8 Å². The Balaban J connectivity index is 1.59. The van der Waals surface area contributed by atoms with Gasteiger partial charge in [-0.05, 0) is 73.0 Å². The number of hydrogen-bond donors (Lipinski definition) is 3. The molecule has 1 aromatic heterocycles. The summed E-state index contributed by atoms with van der Waals surface area (Å²) in [6.45, 7) is 0.